The third kappa shape index (κ3) is 4.46. The maximum Gasteiger partial charge on any atom is 0.339 e. The molecule has 24 heavy (non-hydrogen) atoms. The minimum atomic E-state index is -4.15. The topological polar surface area (TPSA) is 86.5 Å². The summed E-state index contributed by atoms with van der Waals surface area (Å²) in [6.07, 6.45) is 1.54. The van der Waals surface area contributed by atoms with Crippen molar-refractivity contribution >= 4 is 27.4 Å². The molecule has 0 aliphatic rings. The van der Waals surface area contributed by atoms with Crippen molar-refractivity contribution in [3.05, 3.63) is 63.7 Å². The fraction of sp³-hybridized carbons (Fsp3) is 0.250. The number of hydrogen-bond donors (Lipinski definition) is 0. The third-order valence-electron chi connectivity index (χ3n) is 3.32. The number of aryl methyl sites for hydroxylation is 2. The third-order valence-corrected chi connectivity index (χ3v) is 4.84. The Morgan fingerprint density at radius 2 is 1.83 bits per heavy atom. The van der Waals surface area contributed by atoms with Crippen LogP contribution in [0.4, 0.5) is 5.69 Å². The number of halogens is 1. The van der Waals surface area contributed by atoms with Gasteiger partial charge in [-0.15, -0.1) is 11.6 Å². The maximum atomic E-state index is 12.3. The number of nitro groups is 1. The molecule has 0 unspecified atom stereocenters. The van der Waals surface area contributed by atoms with Gasteiger partial charge in [-0.3, -0.25) is 10.1 Å². The van der Waals surface area contributed by atoms with E-state index in [4.69, 9.17) is 15.8 Å². The first kappa shape index (κ1) is 18.2. The van der Waals surface area contributed by atoms with E-state index in [-0.39, 0.29) is 10.6 Å². The van der Waals surface area contributed by atoms with Crippen LogP contribution in [0.2, 0.25) is 0 Å². The average Bonchev–Trinajstić information content (AvgIpc) is 2.54. The van der Waals surface area contributed by atoms with Crippen molar-refractivity contribution in [2.24, 2.45) is 0 Å². The second-order valence-electron chi connectivity index (χ2n) is 5.20. The van der Waals surface area contributed by atoms with Gasteiger partial charge >= 0.3 is 15.8 Å². The van der Waals surface area contributed by atoms with Crippen molar-refractivity contribution < 1.29 is 17.5 Å². The fourth-order valence-corrected chi connectivity index (χ4v) is 3.18. The molecule has 0 aliphatic carbocycles. The molecule has 0 saturated heterocycles. The van der Waals surface area contributed by atoms with Crippen LogP contribution in [0, 0.1) is 17.0 Å². The van der Waals surface area contributed by atoms with Crippen molar-refractivity contribution in [2.45, 2.75) is 24.7 Å². The van der Waals surface area contributed by atoms with E-state index in [1.807, 2.05) is 0 Å². The van der Waals surface area contributed by atoms with Crippen molar-refractivity contribution in [1.29, 1.82) is 0 Å². The summed E-state index contributed by atoms with van der Waals surface area (Å²) in [5, 5.41) is 11.1. The van der Waals surface area contributed by atoms with Crippen LogP contribution in [-0.2, 0) is 16.5 Å². The Bertz CT molecular complexity index is 834. The molecule has 0 bridgehead atoms. The van der Waals surface area contributed by atoms with Gasteiger partial charge in [0.2, 0.25) is 5.75 Å². The van der Waals surface area contributed by atoms with Gasteiger partial charge in [-0.1, -0.05) is 18.2 Å². The highest BCUT2D eigenvalue weighted by atomic mass is 35.5. The molecule has 2 aromatic carbocycles. The second-order valence-corrected chi connectivity index (χ2v) is 7.13. The van der Waals surface area contributed by atoms with E-state index in [0.717, 1.165) is 18.4 Å². The van der Waals surface area contributed by atoms with Gasteiger partial charge in [0.1, 0.15) is 4.90 Å². The summed E-state index contributed by atoms with van der Waals surface area (Å²) in [7, 11) is -4.15. The molecule has 0 aliphatic heterocycles. The van der Waals surface area contributed by atoms with Gasteiger partial charge in [-0.25, -0.2) is 0 Å². The van der Waals surface area contributed by atoms with Crippen LogP contribution in [-0.4, -0.2) is 19.2 Å². The van der Waals surface area contributed by atoms with E-state index in [0.29, 0.717) is 11.4 Å². The van der Waals surface area contributed by atoms with Crippen molar-refractivity contribution in [3.8, 4) is 5.75 Å². The molecule has 0 atom stereocenters. The molecule has 0 heterocycles. The smallest absolute Gasteiger partial charge is 0.339 e. The van der Waals surface area contributed by atoms with Crippen LogP contribution >= 0.6 is 11.6 Å². The van der Waals surface area contributed by atoms with Crippen molar-refractivity contribution in [2.75, 3.05) is 5.88 Å². The summed E-state index contributed by atoms with van der Waals surface area (Å²) in [6, 6.07) is 10.3. The summed E-state index contributed by atoms with van der Waals surface area (Å²) in [5.74, 6) is 0.220. The molecule has 0 saturated carbocycles. The summed E-state index contributed by atoms with van der Waals surface area (Å²) in [4.78, 5) is 10.3. The molecule has 0 amide bonds. The molecule has 0 spiro atoms. The standard InChI is InChI=1S/C16H16ClNO5S/c1-12-4-9-16(15(11-12)18(19)20)23-24(21,22)14-7-5-13(6-8-14)3-2-10-17/h4-9,11H,2-3,10H2,1H3. The monoisotopic (exact) mass is 369 g/mol. The van der Waals surface area contributed by atoms with E-state index in [2.05, 4.69) is 0 Å². The van der Waals surface area contributed by atoms with E-state index in [1.165, 1.54) is 24.3 Å². The van der Waals surface area contributed by atoms with Crippen LogP contribution in [0.5, 0.6) is 5.75 Å². The van der Waals surface area contributed by atoms with Gasteiger partial charge in [-0.05, 0) is 49.1 Å². The molecule has 128 valence electrons. The van der Waals surface area contributed by atoms with Gasteiger partial charge in [0.05, 0.1) is 4.92 Å². The SMILES string of the molecule is Cc1ccc(OS(=O)(=O)c2ccc(CCCCl)cc2)c([N+](=O)[O-])c1. The Morgan fingerprint density at radius 1 is 1.17 bits per heavy atom. The summed E-state index contributed by atoms with van der Waals surface area (Å²) in [6.45, 7) is 1.67. The van der Waals surface area contributed by atoms with Gasteiger partial charge in [0, 0.05) is 11.9 Å². The van der Waals surface area contributed by atoms with E-state index in [9.17, 15) is 18.5 Å². The van der Waals surface area contributed by atoms with Crippen molar-refractivity contribution in [3.63, 3.8) is 0 Å². The number of nitrogens with zero attached hydrogens (tertiary/aromatic N) is 1. The lowest BCUT2D eigenvalue weighted by Gasteiger charge is -2.08. The van der Waals surface area contributed by atoms with Gasteiger partial charge in [-0.2, -0.15) is 8.42 Å². The van der Waals surface area contributed by atoms with Gasteiger partial charge < -0.3 is 4.18 Å². The van der Waals surface area contributed by atoms with Crippen LogP contribution in [0.25, 0.3) is 0 Å². The van der Waals surface area contributed by atoms with E-state index < -0.39 is 20.7 Å². The molecule has 0 aromatic heterocycles. The first-order chi connectivity index (χ1) is 11.3. The molecular formula is C16H16ClNO5S. The fourth-order valence-electron chi connectivity index (χ4n) is 2.10. The number of rotatable bonds is 7. The first-order valence-electron chi connectivity index (χ1n) is 7.18. The number of hydrogen-bond acceptors (Lipinski definition) is 5. The molecule has 2 rings (SSSR count). The summed E-state index contributed by atoms with van der Waals surface area (Å²) in [5.41, 5.74) is 1.20. The molecule has 2 aromatic rings. The number of nitro benzene ring substituents is 1. The van der Waals surface area contributed by atoms with Crippen LogP contribution < -0.4 is 4.18 Å². The molecule has 6 nitrogen and oxygen atoms in total. The average molecular weight is 370 g/mol. The summed E-state index contributed by atoms with van der Waals surface area (Å²) >= 11 is 5.63. The predicted octanol–water partition coefficient (Wildman–Crippen LogP) is 3.84. The minimum Gasteiger partial charge on any atom is -0.372 e. The molecule has 0 radical (unpaired) electrons. The Morgan fingerprint density at radius 3 is 2.42 bits per heavy atom. The van der Waals surface area contributed by atoms with Crippen molar-refractivity contribution in [1.82, 2.24) is 0 Å². The lowest BCUT2D eigenvalue weighted by atomic mass is 10.1. The Labute approximate surface area is 145 Å². The van der Waals surface area contributed by atoms with Crippen LogP contribution in [0.1, 0.15) is 17.5 Å². The number of alkyl halides is 1. The quantitative estimate of drug-likeness (QED) is 0.320. The molecule has 0 N–H and O–H groups in total. The summed E-state index contributed by atoms with van der Waals surface area (Å²) < 4.78 is 29.6. The lowest BCUT2D eigenvalue weighted by Crippen LogP contribution is -2.11. The maximum absolute atomic E-state index is 12.3. The van der Waals surface area contributed by atoms with Crippen LogP contribution in [0.15, 0.2) is 47.4 Å². The molecule has 0 fully saturated rings. The second kappa shape index (κ2) is 7.63. The van der Waals surface area contributed by atoms with Gasteiger partial charge in [0.25, 0.3) is 0 Å². The zero-order valence-corrected chi connectivity index (χ0v) is 14.5. The van der Waals surface area contributed by atoms with E-state index >= 15 is 0 Å². The normalized spacial score (nSPS) is 11.2. The highest BCUT2D eigenvalue weighted by Crippen LogP contribution is 2.30. The minimum absolute atomic E-state index is 0.0630. The van der Waals surface area contributed by atoms with E-state index in [1.54, 1.807) is 25.1 Å². The largest absolute Gasteiger partial charge is 0.372 e. The Balaban J connectivity index is 2.27. The zero-order valence-electron chi connectivity index (χ0n) is 12.9. The Kier molecular flexibility index (Phi) is 5.80. The highest BCUT2D eigenvalue weighted by Gasteiger charge is 2.23. The first-order valence-corrected chi connectivity index (χ1v) is 9.12. The molecular weight excluding hydrogens is 354 g/mol. The van der Waals surface area contributed by atoms with Crippen LogP contribution in [0.3, 0.4) is 0 Å². The van der Waals surface area contributed by atoms with Gasteiger partial charge in [0.15, 0.2) is 0 Å². The highest BCUT2D eigenvalue weighted by molar-refractivity contribution is 7.87. The predicted molar refractivity (Wildman–Crippen MR) is 91.1 cm³/mol. The number of benzene rings is 2. The molecule has 8 heteroatoms. The lowest BCUT2D eigenvalue weighted by molar-refractivity contribution is -0.385. The zero-order chi connectivity index (χ0) is 17.7. The Hall–Kier alpha value is -2.12.